The number of amides is 1. The van der Waals surface area contributed by atoms with E-state index in [1.54, 1.807) is 0 Å². The maximum absolute atomic E-state index is 13.3. The van der Waals surface area contributed by atoms with Crippen LogP contribution in [0, 0.1) is 0 Å². The van der Waals surface area contributed by atoms with Gasteiger partial charge in [0.05, 0.1) is 22.6 Å². The number of aromatic amines is 2. The minimum absolute atomic E-state index is 0.108. The zero-order valence-electron chi connectivity index (χ0n) is 14.6. The Morgan fingerprint density at radius 2 is 1.81 bits per heavy atom. The predicted octanol–water partition coefficient (Wildman–Crippen LogP) is 3.38. The van der Waals surface area contributed by atoms with E-state index in [4.69, 9.17) is 0 Å². The number of aromatic nitrogens is 3. The summed E-state index contributed by atoms with van der Waals surface area (Å²) < 4.78 is 0. The Kier molecular flexibility index (Phi) is 3.57. The van der Waals surface area contributed by atoms with Crippen LogP contribution in [0.25, 0.3) is 21.9 Å². The number of H-pyrrole nitrogens is 2. The molecule has 6 nitrogen and oxygen atoms in total. The molecule has 0 spiro atoms. The Morgan fingerprint density at radius 1 is 1.04 bits per heavy atom. The van der Waals surface area contributed by atoms with Crippen LogP contribution in [0.15, 0.2) is 59.4 Å². The summed E-state index contributed by atoms with van der Waals surface area (Å²) in [6.45, 7) is 0.654. The molecular weight excluding hydrogens is 340 g/mol. The molecule has 1 saturated heterocycles. The third-order valence-electron chi connectivity index (χ3n) is 5.22. The normalized spacial score (nSPS) is 17.0. The van der Waals surface area contributed by atoms with E-state index < -0.39 is 0 Å². The standard InChI is InChI=1S/C21H18N4O2/c26-19-12-14(13-6-1-2-7-15(13)22-19)21(27)25-11-5-10-18(25)20-23-16-8-3-4-9-17(16)24-20/h1-4,6-9,12,18H,5,10-11H2,(H,22,26)(H,23,24). The monoisotopic (exact) mass is 358 g/mol. The summed E-state index contributed by atoms with van der Waals surface area (Å²) in [6, 6.07) is 16.5. The van der Waals surface area contributed by atoms with Crippen molar-refractivity contribution in [2.45, 2.75) is 18.9 Å². The number of benzene rings is 2. The fourth-order valence-electron chi connectivity index (χ4n) is 3.96. The van der Waals surface area contributed by atoms with Crippen LogP contribution in [0.1, 0.15) is 35.1 Å². The van der Waals surface area contributed by atoms with Crippen molar-refractivity contribution in [3.05, 3.63) is 76.3 Å². The Labute approximate surface area is 154 Å². The van der Waals surface area contributed by atoms with E-state index in [0.29, 0.717) is 17.6 Å². The fraction of sp³-hybridized carbons (Fsp3) is 0.190. The highest BCUT2D eigenvalue weighted by Crippen LogP contribution is 2.33. The van der Waals surface area contributed by atoms with Crippen molar-refractivity contribution >= 4 is 27.8 Å². The molecule has 2 N–H and O–H groups in total. The van der Waals surface area contributed by atoms with Crippen LogP contribution in [-0.4, -0.2) is 32.3 Å². The van der Waals surface area contributed by atoms with Gasteiger partial charge in [-0.2, -0.15) is 0 Å². The molecule has 1 atom stereocenters. The third kappa shape index (κ3) is 2.61. The van der Waals surface area contributed by atoms with E-state index in [1.807, 2.05) is 53.4 Å². The van der Waals surface area contributed by atoms with Gasteiger partial charge in [0.15, 0.2) is 0 Å². The van der Waals surface area contributed by atoms with Crippen molar-refractivity contribution in [3.8, 4) is 0 Å². The molecule has 2 aromatic carbocycles. The lowest BCUT2D eigenvalue weighted by Gasteiger charge is -2.23. The summed E-state index contributed by atoms with van der Waals surface area (Å²) in [5, 5.41) is 0.761. The zero-order valence-corrected chi connectivity index (χ0v) is 14.6. The van der Waals surface area contributed by atoms with Gasteiger partial charge >= 0.3 is 0 Å². The molecule has 0 radical (unpaired) electrons. The first kappa shape index (κ1) is 15.8. The van der Waals surface area contributed by atoms with Gasteiger partial charge in [0, 0.05) is 23.5 Å². The maximum atomic E-state index is 13.3. The molecule has 1 aliphatic rings. The molecule has 1 aliphatic heterocycles. The fourth-order valence-corrected chi connectivity index (χ4v) is 3.96. The topological polar surface area (TPSA) is 81.8 Å². The molecule has 2 aromatic heterocycles. The van der Waals surface area contributed by atoms with E-state index in [0.717, 1.165) is 35.1 Å². The first-order valence-electron chi connectivity index (χ1n) is 9.08. The second-order valence-electron chi connectivity index (χ2n) is 6.89. The molecule has 5 rings (SSSR count). The van der Waals surface area contributed by atoms with Gasteiger partial charge in [-0.05, 0) is 31.0 Å². The number of para-hydroxylation sites is 3. The minimum atomic E-state index is -0.267. The van der Waals surface area contributed by atoms with Gasteiger partial charge in [0.2, 0.25) is 5.56 Å². The average molecular weight is 358 g/mol. The Hall–Kier alpha value is -3.41. The first-order valence-corrected chi connectivity index (χ1v) is 9.08. The van der Waals surface area contributed by atoms with Crippen molar-refractivity contribution in [1.29, 1.82) is 0 Å². The zero-order chi connectivity index (χ0) is 18.4. The molecule has 3 heterocycles. The largest absolute Gasteiger partial charge is 0.340 e. The second kappa shape index (κ2) is 6.09. The van der Waals surface area contributed by atoms with Crippen LogP contribution in [0.2, 0.25) is 0 Å². The number of hydrogen-bond donors (Lipinski definition) is 2. The summed E-state index contributed by atoms with van der Waals surface area (Å²) >= 11 is 0. The van der Waals surface area contributed by atoms with Crippen LogP contribution in [0.5, 0.6) is 0 Å². The van der Waals surface area contributed by atoms with E-state index >= 15 is 0 Å². The van der Waals surface area contributed by atoms with E-state index in [9.17, 15) is 9.59 Å². The van der Waals surface area contributed by atoms with Gasteiger partial charge < -0.3 is 14.9 Å². The Bertz CT molecular complexity index is 1190. The number of carbonyl (C=O) groups excluding carboxylic acids is 1. The van der Waals surface area contributed by atoms with Crippen LogP contribution in [0.4, 0.5) is 0 Å². The second-order valence-corrected chi connectivity index (χ2v) is 6.89. The highest BCUT2D eigenvalue weighted by molar-refractivity contribution is 6.06. The number of imidazole rings is 1. The van der Waals surface area contributed by atoms with Gasteiger partial charge in [-0.25, -0.2) is 4.98 Å². The van der Waals surface area contributed by atoms with Crippen LogP contribution >= 0.6 is 0 Å². The van der Waals surface area contributed by atoms with Crippen LogP contribution in [-0.2, 0) is 0 Å². The summed E-state index contributed by atoms with van der Waals surface area (Å²) in [5.74, 6) is 0.677. The lowest BCUT2D eigenvalue weighted by Crippen LogP contribution is -2.32. The minimum Gasteiger partial charge on any atom is -0.340 e. The van der Waals surface area contributed by atoms with Crippen molar-refractivity contribution in [2.24, 2.45) is 0 Å². The Balaban J connectivity index is 1.57. The van der Waals surface area contributed by atoms with E-state index in [2.05, 4.69) is 15.0 Å². The van der Waals surface area contributed by atoms with Gasteiger partial charge in [-0.3, -0.25) is 9.59 Å². The lowest BCUT2D eigenvalue weighted by molar-refractivity contribution is 0.0732. The summed E-state index contributed by atoms with van der Waals surface area (Å²) in [7, 11) is 0. The molecule has 0 saturated carbocycles. The van der Waals surface area contributed by atoms with Crippen molar-refractivity contribution in [2.75, 3.05) is 6.54 Å². The third-order valence-corrected chi connectivity index (χ3v) is 5.22. The molecule has 0 aliphatic carbocycles. The van der Waals surface area contributed by atoms with Crippen LogP contribution in [0.3, 0.4) is 0 Å². The summed E-state index contributed by atoms with van der Waals surface area (Å²) in [5.41, 5.74) is 2.71. The molecule has 6 heteroatoms. The average Bonchev–Trinajstić information content (AvgIpc) is 3.33. The quantitative estimate of drug-likeness (QED) is 0.576. The SMILES string of the molecule is O=C(c1cc(=O)[nH]c2ccccc12)N1CCCC1c1nc2ccccc2[nH]1. The summed E-state index contributed by atoms with van der Waals surface area (Å²) in [4.78, 5) is 38.0. The Morgan fingerprint density at radius 3 is 2.67 bits per heavy atom. The predicted molar refractivity (Wildman–Crippen MR) is 104 cm³/mol. The number of fused-ring (bicyclic) bond motifs is 2. The number of rotatable bonds is 2. The molecule has 27 heavy (non-hydrogen) atoms. The van der Waals surface area contributed by atoms with Gasteiger partial charge in [-0.1, -0.05) is 30.3 Å². The van der Waals surface area contributed by atoms with Crippen molar-refractivity contribution in [1.82, 2.24) is 19.9 Å². The maximum Gasteiger partial charge on any atom is 0.255 e. The molecule has 0 bridgehead atoms. The number of pyridine rings is 1. The lowest BCUT2D eigenvalue weighted by atomic mass is 10.1. The van der Waals surface area contributed by atoms with Gasteiger partial charge in [0.25, 0.3) is 5.91 Å². The molecule has 4 aromatic rings. The number of carbonyl (C=O) groups is 1. The van der Waals surface area contributed by atoms with Crippen LogP contribution < -0.4 is 5.56 Å². The molecular formula is C21H18N4O2. The number of likely N-dealkylation sites (tertiary alicyclic amines) is 1. The van der Waals surface area contributed by atoms with E-state index in [-0.39, 0.29) is 17.5 Å². The molecule has 1 fully saturated rings. The molecule has 1 unspecified atom stereocenters. The summed E-state index contributed by atoms with van der Waals surface area (Å²) in [6.07, 6.45) is 1.77. The number of hydrogen-bond acceptors (Lipinski definition) is 3. The van der Waals surface area contributed by atoms with Gasteiger partial charge in [-0.15, -0.1) is 0 Å². The van der Waals surface area contributed by atoms with Gasteiger partial charge in [0.1, 0.15) is 5.82 Å². The van der Waals surface area contributed by atoms with E-state index in [1.165, 1.54) is 6.07 Å². The van der Waals surface area contributed by atoms with Crippen molar-refractivity contribution < 1.29 is 4.79 Å². The molecule has 1 amide bonds. The smallest absolute Gasteiger partial charge is 0.255 e. The highest BCUT2D eigenvalue weighted by Gasteiger charge is 2.33. The number of nitrogens with zero attached hydrogens (tertiary/aromatic N) is 2. The highest BCUT2D eigenvalue weighted by atomic mass is 16.2. The molecule has 134 valence electrons. The van der Waals surface area contributed by atoms with Crippen molar-refractivity contribution in [3.63, 3.8) is 0 Å². The first-order chi connectivity index (χ1) is 13.2. The number of nitrogens with one attached hydrogen (secondary N) is 2.